The highest BCUT2D eigenvalue weighted by atomic mass is 14.7. The van der Waals surface area contributed by atoms with E-state index in [-0.39, 0.29) is 0 Å². The molecule has 2 rings (SSSR count). The molecule has 0 atom stereocenters. The third-order valence-corrected chi connectivity index (χ3v) is 4.35. The Morgan fingerprint density at radius 1 is 0.857 bits per heavy atom. The van der Waals surface area contributed by atoms with Crippen molar-refractivity contribution >= 4 is 0 Å². The van der Waals surface area contributed by atoms with Crippen LogP contribution < -0.4 is 0 Å². The average Bonchev–Trinajstić information content (AvgIpc) is 2.56. The number of rotatable bonds is 0. The van der Waals surface area contributed by atoms with E-state index in [0.29, 0.717) is 10.8 Å². The van der Waals surface area contributed by atoms with Crippen molar-refractivity contribution in [2.75, 3.05) is 0 Å². The molecule has 0 amide bonds. The molecule has 2 aliphatic carbocycles. The summed E-state index contributed by atoms with van der Waals surface area (Å²) in [5.41, 5.74) is 4.38. The van der Waals surface area contributed by atoms with Gasteiger partial charge in [-0.2, -0.15) is 0 Å². The molecule has 0 heterocycles. The second-order valence-electron chi connectivity index (χ2n) is 5.37. The highest BCUT2D eigenvalue weighted by molar-refractivity contribution is 5.49. The van der Waals surface area contributed by atoms with Gasteiger partial charge in [-0.3, -0.25) is 0 Å². The highest BCUT2D eigenvalue weighted by Gasteiger charge is 2.65. The van der Waals surface area contributed by atoms with Crippen molar-refractivity contribution in [1.82, 2.24) is 0 Å². The molecule has 0 radical (unpaired) electrons. The summed E-state index contributed by atoms with van der Waals surface area (Å²) in [6.45, 7) is 27.4. The summed E-state index contributed by atoms with van der Waals surface area (Å²) >= 11 is 0. The van der Waals surface area contributed by atoms with Crippen LogP contribution in [0.1, 0.15) is 88.5 Å². The Bertz CT molecular complexity index is 282. The minimum atomic E-state index is 0.455. The third kappa shape index (κ3) is 4.87. The molecule has 2 aliphatic rings. The Labute approximate surface area is 136 Å². The first kappa shape index (κ1) is 25.2. The maximum absolute atomic E-state index is 3.00. The van der Waals surface area contributed by atoms with Gasteiger partial charge in [0, 0.05) is 5.41 Å². The predicted octanol–water partition coefficient (Wildman–Crippen LogP) is 7.97. The number of fused-ring (bicyclic) bond motifs is 1. The third-order valence-electron chi connectivity index (χ3n) is 4.35. The summed E-state index contributed by atoms with van der Waals surface area (Å²) in [5.74, 6) is 0. The zero-order valence-corrected chi connectivity index (χ0v) is 16.7. The molecule has 0 aromatic carbocycles. The maximum Gasteiger partial charge on any atom is 0.0152 e. The van der Waals surface area contributed by atoms with Gasteiger partial charge in [-0.25, -0.2) is 0 Å². The normalized spacial score (nSPS) is 31.1. The molecule has 0 aromatic heterocycles. The zero-order valence-electron chi connectivity index (χ0n) is 16.7. The smallest absolute Gasteiger partial charge is 0.0152 e. The van der Waals surface area contributed by atoms with Gasteiger partial charge in [0.1, 0.15) is 0 Å². The van der Waals surface area contributed by atoms with E-state index in [1.54, 1.807) is 11.1 Å². The van der Waals surface area contributed by atoms with E-state index in [9.17, 15) is 0 Å². The molecule has 21 heavy (non-hydrogen) atoms. The number of allylic oxidation sites excluding steroid dienone is 4. The van der Waals surface area contributed by atoms with E-state index >= 15 is 0 Å². The van der Waals surface area contributed by atoms with Crippen LogP contribution in [0.15, 0.2) is 36.5 Å². The number of hydrogen-bond acceptors (Lipinski definition) is 0. The van der Waals surface area contributed by atoms with Crippen LogP contribution in [0.3, 0.4) is 0 Å². The fourth-order valence-electron chi connectivity index (χ4n) is 3.16. The first-order chi connectivity index (χ1) is 10.00. The van der Waals surface area contributed by atoms with Crippen LogP contribution in [0, 0.1) is 10.8 Å². The molecule has 0 aromatic rings. The molecule has 126 valence electrons. The topological polar surface area (TPSA) is 0 Å². The second-order valence-corrected chi connectivity index (χ2v) is 5.37. The van der Waals surface area contributed by atoms with Crippen LogP contribution in [-0.4, -0.2) is 0 Å². The second kappa shape index (κ2) is 12.9. The SMILES string of the molecule is C/C=C1\CC2(C)C/C(=C\C)C12C.C=C.CC.CC.CCC. The molecule has 2 fully saturated rings. The van der Waals surface area contributed by atoms with Gasteiger partial charge in [0.05, 0.1) is 0 Å². The highest BCUT2D eigenvalue weighted by Crippen LogP contribution is 2.75. The molecule has 0 aliphatic heterocycles. The van der Waals surface area contributed by atoms with Crippen molar-refractivity contribution in [3.63, 3.8) is 0 Å². The van der Waals surface area contributed by atoms with E-state index in [1.807, 2.05) is 27.7 Å². The Balaban J connectivity index is -0.000000308. The fraction of sp³-hybridized carbons (Fsp3) is 0.714. The van der Waals surface area contributed by atoms with Gasteiger partial charge in [0.2, 0.25) is 0 Å². The van der Waals surface area contributed by atoms with Crippen LogP contribution in [0.4, 0.5) is 0 Å². The summed E-state index contributed by atoms with van der Waals surface area (Å²) < 4.78 is 0. The molecular formula is C21H42. The van der Waals surface area contributed by atoms with Crippen LogP contribution >= 0.6 is 0 Å². The maximum atomic E-state index is 3.00. The molecule has 0 unspecified atom stereocenters. The van der Waals surface area contributed by atoms with Crippen molar-refractivity contribution in [1.29, 1.82) is 0 Å². The Morgan fingerprint density at radius 3 is 1.24 bits per heavy atom. The molecule has 0 N–H and O–H groups in total. The van der Waals surface area contributed by atoms with E-state index in [0.717, 1.165) is 0 Å². The minimum Gasteiger partial charge on any atom is -0.106 e. The molecule has 0 spiro atoms. The zero-order chi connectivity index (χ0) is 17.7. The van der Waals surface area contributed by atoms with E-state index in [2.05, 4.69) is 66.9 Å². The van der Waals surface area contributed by atoms with Gasteiger partial charge in [-0.15, -0.1) is 13.2 Å². The molecule has 2 saturated carbocycles. The molecule has 0 heteroatoms. The Morgan fingerprint density at radius 2 is 1.10 bits per heavy atom. The molecule has 0 bridgehead atoms. The predicted molar refractivity (Wildman–Crippen MR) is 103 cm³/mol. The van der Waals surface area contributed by atoms with Gasteiger partial charge >= 0.3 is 0 Å². The molecule has 0 saturated heterocycles. The largest absolute Gasteiger partial charge is 0.106 e. The van der Waals surface area contributed by atoms with Gasteiger partial charge in [-0.1, -0.05) is 85.1 Å². The van der Waals surface area contributed by atoms with E-state index in [4.69, 9.17) is 0 Å². The van der Waals surface area contributed by atoms with E-state index in [1.165, 1.54) is 19.3 Å². The lowest BCUT2D eigenvalue weighted by atomic mass is 9.35. The lowest BCUT2D eigenvalue weighted by Crippen LogP contribution is -2.59. The lowest BCUT2D eigenvalue weighted by Gasteiger charge is -2.69. The standard InChI is InChI=1S/C12H18.C3H8.2C2H6.C2H4/c1-5-9-7-11(3)8-10(6-2)12(9,11)4;1-3-2;3*1-2/h5-6H,7-8H2,1-4H3;3H2,1-2H3;2*1-2H3;1-2H2/b9-5+,10-6+;;;;. The minimum absolute atomic E-state index is 0.455. The first-order valence-corrected chi connectivity index (χ1v) is 8.81. The average molecular weight is 295 g/mol. The summed E-state index contributed by atoms with van der Waals surface area (Å²) in [7, 11) is 0. The summed E-state index contributed by atoms with van der Waals surface area (Å²) in [6, 6.07) is 0. The van der Waals surface area contributed by atoms with Crippen molar-refractivity contribution in [3.05, 3.63) is 36.5 Å². The summed E-state index contributed by atoms with van der Waals surface area (Å²) in [4.78, 5) is 0. The first-order valence-electron chi connectivity index (χ1n) is 8.81. The van der Waals surface area contributed by atoms with Gasteiger partial charge in [0.25, 0.3) is 0 Å². The van der Waals surface area contributed by atoms with Crippen LogP contribution in [0.2, 0.25) is 0 Å². The van der Waals surface area contributed by atoms with Crippen LogP contribution in [-0.2, 0) is 0 Å². The van der Waals surface area contributed by atoms with Gasteiger partial charge in [0.15, 0.2) is 0 Å². The van der Waals surface area contributed by atoms with Crippen molar-refractivity contribution in [3.8, 4) is 0 Å². The molecular weight excluding hydrogens is 252 g/mol. The van der Waals surface area contributed by atoms with Crippen molar-refractivity contribution < 1.29 is 0 Å². The van der Waals surface area contributed by atoms with Crippen LogP contribution in [0.5, 0.6) is 0 Å². The lowest BCUT2D eigenvalue weighted by molar-refractivity contribution is -0.0181. The summed E-state index contributed by atoms with van der Waals surface area (Å²) in [6.07, 6.45) is 8.53. The Hall–Kier alpha value is -0.780. The van der Waals surface area contributed by atoms with Crippen LogP contribution in [0.25, 0.3) is 0 Å². The fourth-order valence-corrected chi connectivity index (χ4v) is 3.16. The Kier molecular flexibility index (Phi) is 15.5. The summed E-state index contributed by atoms with van der Waals surface area (Å²) in [5, 5.41) is 0. The van der Waals surface area contributed by atoms with Gasteiger partial charge in [-0.05, 0) is 32.1 Å². The quantitative estimate of drug-likeness (QED) is 0.397. The van der Waals surface area contributed by atoms with Crippen molar-refractivity contribution in [2.24, 2.45) is 10.8 Å². The van der Waals surface area contributed by atoms with E-state index < -0.39 is 0 Å². The monoisotopic (exact) mass is 294 g/mol. The van der Waals surface area contributed by atoms with Crippen molar-refractivity contribution in [2.45, 2.75) is 88.5 Å². The molecule has 0 nitrogen and oxygen atoms in total. The number of hydrogen-bond donors (Lipinski definition) is 0. The van der Waals surface area contributed by atoms with Gasteiger partial charge < -0.3 is 0 Å².